The molecule has 1 aliphatic rings. The van der Waals surface area contributed by atoms with Crippen LogP contribution in [0.5, 0.6) is 0 Å². The lowest BCUT2D eigenvalue weighted by Crippen LogP contribution is -2.28. The fourth-order valence-corrected chi connectivity index (χ4v) is 2.17. The first-order valence-electron chi connectivity index (χ1n) is 6.06. The van der Waals surface area contributed by atoms with Crippen molar-refractivity contribution < 1.29 is 0 Å². The van der Waals surface area contributed by atoms with E-state index in [0.29, 0.717) is 0 Å². The Hall–Kier alpha value is -0.680. The second kappa shape index (κ2) is 5.31. The number of aryl methyl sites for hydroxylation is 1. The molecule has 1 aromatic heterocycles. The summed E-state index contributed by atoms with van der Waals surface area (Å²) in [6.07, 6.45) is 3.57. The van der Waals surface area contributed by atoms with Crippen molar-refractivity contribution in [1.82, 2.24) is 14.9 Å². The van der Waals surface area contributed by atoms with E-state index in [-0.39, 0.29) is 5.69 Å². The molecule has 5 heteroatoms. The summed E-state index contributed by atoms with van der Waals surface area (Å²) in [7, 11) is 0. The predicted octanol–water partition coefficient (Wildman–Crippen LogP) is 1.76. The minimum atomic E-state index is -0.144. The molecule has 0 atom stereocenters. The topological polar surface area (TPSA) is 46.9 Å². The summed E-state index contributed by atoms with van der Waals surface area (Å²) in [4.78, 5) is 15.8. The summed E-state index contributed by atoms with van der Waals surface area (Å²) < 4.78 is 2.68. The summed E-state index contributed by atoms with van der Waals surface area (Å²) in [6.45, 7) is 5.50. The maximum atomic E-state index is 11.8. The molecule has 0 amide bonds. The molecule has 2 rings (SSSR count). The summed E-state index contributed by atoms with van der Waals surface area (Å²) >= 11 is 3.47. The van der Waals surface area contributed by atoms with Crippen LogP contribution in [0.3, 0.4) is 0 Å². The highest BCUT2D eigenvalue weighted by Gasteiger charge is 2.19. The molecular weight excluding hydrogens is 282 g/mol. The van der Waals surface area contributed by atoms with Gasteiger partial charge in [-0.3, -0.25) is 4.57 Å². The van der Waals surface area contributed by atoms with E-state index in [1.165, 1.54) is 12.8 Å². The molecule has 94 valence electrons. The van der Waals surface area contributed by atoms with E-state index in [0.717, 1.165) is 41.4 Å². The molecule has 0 radical (unpaired) electrons. The minimum absolute atomic E-state index is 0.144. The molecule has 0 spiro atoms. The highest BCUT2D eigenvalue weighted by molar-refractivity contribution is 9.10. The Balaban J connectivity index is 1.99. The normalized spacial score (nSPS) is 15.2. The van der Waals surface area contributed by atoms with Crippen molar-refractivity contribution in [3.63, 3.8) is 0 Å². The van der Waals surface area contributed by atoms with Gasteiger partial charge in [0.1, 0.15) is 0 Å². The Kier molecular flexibility index (Phi) is 3.99. The molecule has 1 fully saturated rings. The van der Waals surface area contributed by atoms with Gasteiger partial charge in [0.15, 0.2) is 0 Å². The van der Waals surface area contributed by atoms with Crippen molar-refractivity contribution in [2.75, 3.05) is 6.54 Å². The molecule has 0 aliphatic heterocycles. The van der Waals surface area contributed by atoms with E-state index in [4.69, 9.17) is 0 Å². The molecule has 0 aromatic carbocycles. The Morgan fingerprint density at radius 2 is 2.18 bits per heavy atom. The largest absolute Gasteiger partial charge is 0.348 e. The SMILES string of the molecule is Cc1nc(=O)n(CCCNC2CC2)c(C)c1Br. The zero-order valence-corrected chi connectivity index (χ0v) is 11.9. The monoisotopic (exact) mass is 299 g/mol. The van der Waals surface area contributed by atoms with Crippen LogP contribution in [0.25, 0.3) is 0 Å². The second-order valence-corrected chi connectivity index (χ2v) is 5.41. The van der Waals surface area contributed by atoms with Crippen molar-refractivity contribution >= 4 is 15.9 Å². The van der Waals surface area contributed by atoms with Gasteiger partial charge in [-0.15, -0.1) is 0 Å². The summed E-state index contributed by atoms with van der Waals surface area (Å²) in [5, 5.41) is 3.44. The highest BCUT2D eigenvalue weighted by atomic mass is 79.9. The van der Waals surface area contributed by atoms with Gasteiger partial charge < -0.3 is 5.32 Å². The van der Waals surface area contributed by atoms with E-state index in [9.17, 15) is 4.79 Å². The first kappa shape index (κ1) is 12.8. The van der Waals surface area contributed by atoms with E-state index in [2.05, 4.69) is 26.2 Å². The first-order valence-corrected chi connectivity index (χ1v) is 6.86. The third-order valence-corrected chi connectivity index (χ3v) is 4.25. The van der Waals surface area contributed by atoms with Crippen LogP contribution in [-0.2, 0) is 6.54 Å². The fraction of sp³-hybridized carbons (Fsp3) is 0.667. The Bertz CT molecular complexity index is 466. The van der Waals surface area contributed by atoms with E-state index in [1.54, 1.807) is 4.57 Å². The maximum Gasteiger partial charge on any atom is 0.348 e. The molecule has 1 aromatic rings. The van der Waals surface area contributed by atoms with Crippen molar-refractivity contribution in [3.8, 4) is 0 Å². The molecule has 0 bridgehead atoms. The quantitative estimate of drug-likeness (QED) is 0.843. The number of rotatable bonds is 5. The number of nitrogens with one attached hydrogen (secondary N) is 1. The molecule has 4 nitrogen and oxygen atoms in total. The summed E-state index contributed by atoms with van der Waals surface area (Å²) in [5.41, 5.74) is 1.59. The maximum absolute atomic E-state index is 11.8. The number of nitrogens with zero attached hydrogens (tertiary/aromatic N) is 2. The molecule has 17 heavy (non-hydrogen) atoms. The zero-order chi connectivity index (χ0) is 12.4. The van der Waals surface area contributed by atoms with E-state index >= 15 is 0 Å². The first-order chi connectivity index (χ1) is 8.09. The van der Waals surface area contributed by atoms with Gasteiger partial charge in [0, 0.05) is 18.3 Å². The van der Waals surface area contributed by atoms with Gasteiger partial charge in [0.2, 0.25) is 0 Å². The fourth-order valence-electron chi connectivity index (χ4n) is 1.87. The number of halogens is 1. The molecule has 1 saturated carbocycles. The van der Waals surface area contributed by atoms with E-state index < -0.39 is 0 Å². The second-order valence-electron chi connectivity index (χ2n) is 4.61. The third-order valence-electron chi connectivity index (χ3n) is 3.10. The van der Waals surface area contributed by atoms with Crippen LogP contribution in [0.1, 0.15) is 30.7 Å². The number of aromatic nitrogens is 2. The van der Waals surface area contributed by atoms with Crippen molar-refractivity contribution in [2.24, 2.45) is 0 Å². The van der Waals surface area contributed by atoms with Crippen LogP contribution in [0, 0.1) is 13.8 Å². The lowest BCUT2D eigenvalue weighted by molar-refractivity contribution is 0.549. The van der Waals surface area contributed by atoms with Crippen molar-refractivity contribution in [1.29, 1.82) is 0 Å². The van der Waals surface area contributed by atoms with Crippen LogP contribution < -0.4 is 11.0 Å². The zero-order valence-electron chi connectivity index (χ0n) is 10.3. The van der Waals surface area contributed by atoms with Gasteiger partial charge in [-0.2, -0.15) is 4.98 Å². The summed E-state index contributed by atoms with van der Waals surface area (Å²) in [6, 6.07) is 0.732. The molecule has 1 aliphatic carbocycles. The van der Waals surface area contributed by atoms with Crippen molar-refractivity contribution in [3.05, 3.63) is 26.3 Å². The smallest absolute Gasteiger partial charge is 0.314 e. The minimum Gasteiger partial charge on any atom is -0.314 e. The van der Waals surface area contributed by atoms with Gasteiger partial charge in [0.25, 0.3) is 0 Å². The van der Waals surface area contributed by atoms with Crippen LogP contribution in [0.2, 0.25) is 0 Å². The van der Waals surface area contributed by atoms with Crippen LogP contribution in [0.15, 0.2) is 9.27 Å². The van der Waals surface area contributed by atoms with Crippen LogP contribution >= 0.6 is 15.9 Å². The van der Waals surface area contributed by atoms with Gasteiger partial charge in [-0.1, -0.05) is 0 Å². The summed E-state index contributed by atoms with van der Waals surface area (Å²) in [5.74, 6) is 0. The molecular formula is C12H18BrN3O. The Morgan fingerprint density at radius 1 is 1.47 bits per heavy atom. The standard InChI is InChI=1S/C12H18BrN3O/c1-8-11(13)9(2)16(12(17)15-8)7-3-6-14-10-4-5-10/h10,14H,3-7H2,1-2H3. The Morgan fingerprint density at radius 3 is 2.82 bits per heavy atom. The lowest BCUT2D eigenvalue weighted by atomic mass is 10.3. The van der Waals surface area contributed by atoms with Crippen LogP contribution in [0.4, 0.5) is 0 Å². The lowest BCUT2D eigenvalue weighted by Gasteiger charge is -2.12. The Labute approximate surface area is 110 Å². The van der Waals surface area contributed by atoms with Crippen molar-refractivity contribution in [2.45, 2.75) is 45.7 Å². The molecule has 1 heterocycles. The highest BCUT2D eigenvalue weighted by Crippen LogP contribution is 2.19. The predicted molar refractivity (Wildman–Crippen MR) is 71.3 cm³/mol. The van der Waals surface area contributed by atoms with Crippen LogP contribution in [-0.4, -0.2) is 22.1 Å². The van der Waals surface area contributed by atoms with E-state index in [1.807, 2.05) is 13.8 Å². The number of hydrogen-bond donors (Lipinski definition) is 1. The number of hydrogen-bond acceptors (Lipinski definition) is 3. The van der Waals surface area contributed by atoms with Gasteiger partial charge >= 0.3 is 5.69 Å². The molecule has 0 saturated heterocycles. The average molecular weight is 300 g/mol. The van der Waals surface area contributed by atoms with Gasteiger partial charge in [-0.05, 0) is 55.6 Å². The van der Waals surface area contributed by atoms with Gasteiger partial charge in [-0.25, -0.2) is 4.79 Å². The molecule has 1 N–H and O–H groups in total. The molecule has 0 unspecified atom stereocenters. The average Bonchev–Trinajstić information content (AvgIpc) is 3.09. The van der Waals surface area contributed by atoms with Gasteiger partial charge in [0.05, 0.1) is 10.2 Å². The third kappa shape index (κ3) is 3.16.